The van der Waals surface area contributed by atoms with Gasteiger partial charge in [-0.2, -0.15) is 0 Å². The van der Waals surface area contributed by atoms with Crippen molar-refractivity contribution in [3.63, 3.8) is 0 Å². The molecular weight excluding hydrogens is 242 g/mol. The number of hydrogen-bond donors (Lipinski definition) is 2. The van der Waals surface area contributed by atoms with Gasteiger partial charge in [-0.05, 0) is 45.5 Å². The van der Waals surface area contributed by atoms with Gasteiger partial charge in [-0.1, -0.05) is 6.07 Å². The van der Waals surface area contributed by atoms with E-state index in [1.807, 2.05) is 25.2 Å². The van der Waals surface area contributed by atoms with Crippen LogP contribution in [0.25, 0.3) is 0 Å². The van der Waals surface area contributed by atoms with Crippen LogP contribution in [0.15, 0.2) is 24.4 Å². The fourth-order valence-electron chi connectivity index (χ4n) is 1.79. The lowest BCUT2D eigenvalue weighted by molar-refractivity contribution is -0.142. The van der Waals surface area contributed by atoms with Crippen LogP contribution < -0.4 is 5.73 Å². The van der Waals surface area contributed by atoms with Gasteiger partial charge in [0.25, 0.3) is 0 Å². The van der Waals surface area contributed by atoms with E-state index in [-0.39, 0.29) is 0 Å². The number of carboxylic acid groups (broad SMARTS) is 1. The zero-order chi connectivity index (χ0) is 14.3. The van der Waals surface area contributed by atoms with Gasteiger partial charge in [0.1, 0.15) is 5.54 Å². The molecule has 1 aromatic heterocycles. The van der Waals surface area contributed by atoms with Gasteiger partial charge >= 0.3 is 5.97 Å². The van der Waals surface area contributed by atoms with Gasteiger partial charge in [0.2, 0.25) is 0 Å². The van der Waals surface area contributed by atoms with E-state index < -0.39 is 11.5 Å². The monoisotopic (exact) mass is 265 g/mol. The molecule has 0 fully saturated rings. The molecular formula is C14H23N3O2. The first kappa shape index (κ1) is 15.6. The Labute approximate surface area is 114 Å². The van der Waals surface area contributed by atoms with Crippen LogP contribution in [0.2, 0.25) is 0 Å². The van der Waals surface area contributed by atoms with Crippen LogP contribution in [0.4, 0.5) is 0 Å². The van der Waals surface area contributed by atoms with Crippen molar-refractivity contribution in [3.05, 3.63) is 30.1 Å². The third-order valence-electron chi connectivity index (χ3n) is 3.20. The van der Waals surface area contributed by atoms with Crippen LogP contribution in [0.5, 0.6) is 0 Å². The maximum Gasteiger partial charge on any atom is 0.323 e. The standard InChI is InChI=1S/C14H23N3O2/c1-14(15,13(18)19)8-5-10-17(2)11-7-12-6-3-4-9-16-12/h3-4,6,9H,5,7-8,10-11,15H2,1-2H3,(H,18,19). The van der Waals surface area contributed by atoms with Gasteiger partial charge < -0.3 is 15.7 Å². The first-order chi connectivity index (χ1) is 8.92. The molecule has 5 heteroatoms. The normalized spacial score (nSPS) is 14.3. The smallest absolute Gasteiger partial charge is 0.323 e. The predicted octanol–water partition coefficient (Wildman–Crippen LogP) is 1.14. The summed E-state index contributed by atoms with van der Waals surface area (Å²) < 4.78 is 0. The lowest BCUT2D eigenvalue weighted by Crippen LogP contribution is -2.45. The zero-order valence-electron chi connectivity index (χ0n) is 11.7. The third-order valence-corrected chi connectivity index (χ3v) is 3.20. The quantitative estimate of drug-likeness (QED) is 0.737. The van der Waals surface area contributed by atoms with Gasteiger partial charge in [-0.25, -0.2) is 0 Å². The highest BCUT2D eigenvalue weighted by molar-refractivity contribution is 5.77. The fraction of sp³-hybridized carbons (Fsp3) is 0.571. The summed E-state index contributed by atoms with van der Waals surface area (Å²) in [6.45, 7) is 3.31. The van der Waals surface area contributed by atoms with E-state index in [4.69, 9.17) is 10.8 Å². The minimum Gasteiger partial charge on any atom is -0.480 e. The molecule has 0 aliphatic heterocycles. The van der Waals surface area contributed by atoms with Crippen molar-refractivity contribution in [2.75, 3.05) is 20.1 Å². The van der Waals surface area contributed by atoms with E-state index in [9.17, 15) is 4.79 Å². The van der Waals surface area contributed by atoms with Crippen LogP contribution in [0.3, 0.4) is 0 Å². The molecule has 1 rings (SSSR count). The second-order valence-corrected chi connectivity index (χ2v) is 5.20. The molecule has 0 saturated heterocycles. The largest absolute Gasteiger partial charge is 0.480 e. The molecule has 1 atom stereocenters. The van der Waals surface area contributed by atoms with E-state index in [0.717, 1.165) is 31.6 Å². The van der Waals surface area contributed by atoms with Gasteiger partial charge in [-0.15, -0.1) is 0 Å². The zero-order valence-corrected chi connectivity index (χ0v) is 11.7. The highest BCUT2D eigenvalue weighted by atomic mass is 16.4. The van der Waals surface area contributed by atoms with E-state index in [1.54, 1.807) is 13.1 Å². The van der Waals surface area contributed by atoms with Gasteiger partial charge in [-0.3, -0.25) is 9.78 Å². The number of likely N-dealkylation sites (N-methyl/N-ethyl adjacent to an activating group) is 1. The van der Waals surface area contributed by atoms with Gasteiger partial charge in [0, 0.05) is 24.9 Å². The van der Waals surface area contributed by atoms with Crippen molar-refractivity contribution in [3.8, 4) is 0 Å². The topological polar surface area (TPSA) is 79.5 Å². The maximum absolute atomic E-state index is 10.9. The van der Waals surface area contributed by atoms with E-state index in [0.29, 0.717) is 6.42 Å². The van der Waals surface area contributed by atoms with E-state index in [2.05, 4.69) is 9.88 Å². The first-order valence-corrected chi connectivity index (χ1v) is 6.52. The number of carbonyl (C=O) groups is 1. The van der Waals surface area contributed by atoms with Crippen molar-refractivity contribution < 1.29 is 9.90 Å². The summed E-state index contributed by atoms with van der Waals surface area (Å²) in [7, 11) is 2.03. The minimum atomic E-state index is -1.12. The summed E-state index contributed by atoms with van der Waals surface area (Å²) in [4.78, 5) is 17.3. The third kappa shape index (κ3) is 5.81. The summed E-state index contributed by atoms with van der Waals surface area (Å²) in [5.41, 5.74) is 5.63. The number of pyridine rings is 1. The lowest BCUT2D eigenvalue weighted by Gasteiger charge is -2.21. The molecule has 0 amide bonds. The SMILES string of the molecule is CN(CCCC(C)(N)C(=O)O)CCc1ccccn1. The second kappa shape index (κ2) is 7.21. The molecule has 0 spiro atoms. The summed E-state index contributed by atoms with van der Waals surface area (Å²) in [6, 6.07) is 5.89. The molecule has 1 aromatic rings. The summed E-state index contributed by atoms with van der Waals surface area (Å²) in [5, 5.41) is 8.91. The Morgan fingerprint density at radius 3 is 2.79 bits per heavy atom. The summed E-state index contributed by atoms with van der Waals surface area (Å²) in [6.07, 6.45) is 3.95. The molecule has 3 N–H and O–H groups in total. The number of nitrogens with two attached hydrogens (primary N) is 1. The Morgan fingerprint density at radius 1 is 1.47 bits per heavy atom. The average molecular weight is 265 g/mol. The Bertz CT molecular complexity index is 393. The lowest BCUT2D eigenvalue weighted by atomic mass is 9.97. The van der Waals surface area contributed by atoms with Crippen LogP contribution in [0, 0.1) is 0 Å². The minimum absolute atomic E-state index is 0.482. The van der Waals surface area contributed by atoms with E-state index >= 15 is 0 Å². The Hall–Kier alpha value is -1.46. The highest BCUT2D eigenvalue weighted by Crippen LogP contribution is 2.09. The number of hydrogen-bond acceptors (Lipinski definition) is 4. The number of nitrogens with zero attached hydrogens (tertiary/aromatic N) is 2. The molecule has 0 aliphatic carbocycles. The fourth-order valence-corrected chi connectivity index (χ4v) is 1.79. The average Bonchev–Trinajstić information content (AvgIpc) is 2.37. The molecule has 0 aliphatic rings. The molecule has 0 saturated carbocycles. The summed E-state index contributed by atoms with van der Waals surface area (Å²) >= 11 is 0. The van der Waals surface area contributed by atoms with E-state index in [1.165, 1.54) is 0 Å². The molecule has 0 aromatic carbocycles. The Kier molecular flexibility index (Phi) is 5.92. The van der Waals surface area contributed by atoms with Crippen LogP contribution in [-0.4, -0.2) is 46.6 Å². The van der Waals surface area contributed by atoms with Crippen molar-refractivity contribution in [2.45, 2.75) is 31.7 Å². The molecule has 1 heterocycles. The maximum atomic E-state index is 10.9. The number of carboxylic acids is 1. The highest BCUT2D eigenvalue weighted by Gasteiger charge is 2.26. The van der Waals surface area contributed by atoms with Crippen molar-refractivity contribution in [2.24, 2.45) is 5.73 Å². The van der Waals surface area contributed by atoms with Crippen molar-refractivity contribution >= 4 is 5.97 Å². The first-order valence-electron chi connectivity index (χ1n) is 6.52. The molecule has 1 unspecified atom stereocenters. The van der Waals surface area contributed by atoms with Crippen molar-refractivity contribution in [1.29, 1.82) is 0 Å². The molecule has 0 radical (unpaired) electrons. The molecule has 5 nitrogen and oxygen atoms in total. The summed E-state index contributed by atoms with van der Waals surface area (Å²) in [5.74, 6) is -0.941. The molecule has 0 bridgehead atoms. The van der Waals surface area contributed by atoms with Crippen LogP contribution in [-0.2, 0) is 11.2 Å². The van der Waals surface area contributed by atoms with Crippen LogP contribution >= 0.6 is 0 Å². The van der Waals surface area contributed by atoms with Crippen LogP contribution in [0.1, 0.15) is 25.5 Å². The molecule has 106 valence electrons. The Balaban J connectivity index is 2.22. The van der Waals surface area contributed by atoms with Gasteiger partial charge in [0.05, 0.1) is 0 Å². The number of aliphatic carboxylic acids is 1. The van der Waals surface area contributed by atoms with Crippen molar-refractivity contribution in [1.82, 2.24) is 9.88 Å². The Morgan fingerprint density at radius 2 is 2.21 bits per heavy atom. The number of aromatic nitrogens is 1. The predicted molar refractivity (Wildman–Crippen MR) is 74.9 cm³/mol. The second-order valence-electron chi connectivity index (χ2n) is 5.20. The number of rotatable bonds is 8. The van der Waals surface area contributed by atoms with Gasteiger partial charge in [0.15, 0.2) is 0 Å². The molecule has 19 heavy (non-hydrogen) atoms.